The summed E-state index contributed by atoms with van der Waals surface area (Å²) in [4.78, 5) is 2.57. The van der Waals surface area contributed by atoms with Crippen LogP contribution in [0.3, 0.4) is 0 Å². The van der Waals surface area contributed by atoms with Gasteiger partial charge in [-0.2, -0.15) is 0 Å². The van der Waals surface area contributed by atoms with Gasteiger partial charge in [-0.3, -0.25) is 4.90 Å². The molecule has 0 aromatic carbocycles. The van der Waals surface area contributed by atoms with Crippen LogP contribution in [0.1, 0.15) is 57.1 Å². The first-order valence-electron chi connectivity index (χ1n) is 8.13. The Labute approximate surface area is 123 Å². The number of hydrogen-bond donors (Lipinski definition) is 1. The Bertz CT molecular complexity index is 407. The predicted molar refractivity (Wildman–Crippen MR) is 83.7 cm³/mol. The second-order valence-electron chi connectivity index (χ2n) is 6.55. The van der Waals surface area contributed by atoms with Crippen LogP contribution in [0.5, 0.6) is 0 Å². The standard InChI is InChI=1S/C17H30N2O/c1-5-8-19(15-6-7-15)12-16-9-14(4)17(20-16)11-18-10-13(2)3/h9,13,15,18H,5-8,10-12H2,1-4H3. The summed E-state index contributed by atoms with van der Waals surface area (Å²) < 4.78 is 6.05. The molecule has 0 unspecified atom stereocenters. The molecular formula is C17H30N2O. The van der Waals surface area contributed by atoms with Gasteiger partial charge in [0.2, 0.25) is 0 Å². The van der Waals surface area contributed by atoms with Gasteiger partial charge in [0, 0.05) is 6.04 Å². The van der Waals surface area contributed by atoms with Crippen LogP contribution in [-0.2, 0) is 13.1 Å². The molecule has 1 fully saturated rings. The van der Waals surface area contributed by atoms with Crippen molar-refractivity contribution in [3.63, 3.8) is 0 Å². The number of hydrogen-bond acceptors (Lipinski definition) is 3. The monoisotopic (exact) mass is 278 g/mol. The lowest BCUT2D eigenvalue weighted by Gasteiger charge is -2.19. The lowest BCUT2D eigenvalue weighted by atomic mass is 10.2. The molecule has 1 aromatic rings. The maximum atomic E-state index is 6.05. The Morgan fingerprint density at radius 1 is 1.40 bits per heavy atom. The fraction of sp³-hybridized carbons (Fsp3) is 0.765. The van der Waals surface area contributed by atoms with Crippen molar-refractivity contribution in [2.45, 2.75) is 66.1 Å². The van der Waals surface area contributed by atoms with Crippen molar-refractivity contribution in [3.8, 4) is 0 Å². The van der Waals surface area contributed by atoms with E-state index in [2.05, 4.69) is 44.0 Å². The molecule has 1 aliphatic carbocycles. The molecular weight excluding hydrogens is 248 g/mol. The van der Waals surface area contributed by atoms with E-state index in [0.29, 0.717) is 5.92 Å². The molecule has 0 aliphatic heterocycles. The normalized spacial score (nSPS) is 15.5. The Hall–Kier alpha value is -0.800. The number of nitrogens with zero attached hydrogens (tertiary/aromatic N) is 1. The summed E-state index contributed by atoms with van der Waals surface area (Å²) in [6, 6.07) is 3.03. The zero-order valence-corrected chi connectivity index (χ0v) is 13.5. The summed E-state index contributed by atoms with van der Waals surface area (Å²) in [6.45, 7) is 12.9. The third kappa shape index (κ3) is 4.64. The van der Waals surface area contributed by atoms with Crippen LogP contribution in [-0.4, -0.2) is 24.0 Å². The third-order valence-electron chi connectivity index (χ3n) is 3.84. The van der Waals surface area contributed by atoms with Crippen LogP contribution in [0.4, 0.5) is 0 Å². The molecule has 114 valence electrons. The third-order valence-corrected chi connectivity index (χ3v) is 3.84. The SMILES string of the molecule is CCCN(Cc1cc(C)c(CNCC(C)C)o1)C1CC1. The first-order chi connectivity index (χ1) is 9.60. The Balaban J connectivity index is 1.88. The Morgan fingerprint density at radius 3 is 2.75 bits per heavy atom. The molecule has 3 nitrogen and oxygen atoms in total. The highest BCUT2D eigenvalue weighted by atomic mass is 16.3. The van der Waals surface area contributed by atoms with E-state index in [1.54, 1.807) is 0 Å². The highest BCUT2D eigenvalue weighted by Crippen LogP contribution is 2.29. The maximum Gasteiger partial charge on any atom is 0.120 e. The van der Waals surface area contributed by atoms with Crippen molar-refractivity contribution in [3.05, 3.63) is 23.2 Å². The highest BCUT2D eigenvalue weighted by Gasteiger charge is 2.29. The Morgan fingerprint density at radius 2 is 2.15 bits per heavy atom. The zero-order chi connectivity index (χ0) is 14.5. The molecule has 1 aromatic heterocycles. The molecule has 1 N–H and O–H groups in total. The summed E-state index contributed by atoms with van der Waals surface area (Å²) in [5, 5.41) is 3.46. The molecule has 20 heavy (non-hydrogen) atoms. The topological polar surface area (TPSA) is 28.4 Å². The molecule has 1 heterocycles. The van der Waals surface area contributed by atoms with Gasteiger partial charge in [0.05, 0.1) is 13.1 Å². The summed E-state index contributed by atoms with van der Waals surface area (Å²) in [5.41, 5.74) is 1.28. The zero-order valence-electron chi connectivity index (χ0n) is 13.5. The first-order valence-corrected chi connectivity index (χ1v) is 8.13. The van der Waals surface area contributed by atoms with Gasteiger partial charge < -0.3 is 9.73 Å². The molecule has 0 atom stereocenters. The molecule has 0 amide bonds. The van der Waals surface area contributed by atoms with Crippen molar-refractivity contribution in [2.24, 2.45) is 5.92 Å². The van der Waals surface area contributed by atoms with E-state index in [9.17, 15) is 0 Å². The summed E-state index contributed by atoms with van der Waals surface area (Å²) in [7, 11) is 0. The molecule has 0 radical (unpaired) electrons. The van der Waals surface area contributed by atoms with Gasteiger partial charge in [0.15, 0.2) is 0 Å². The van der Waals surface area contributed by atoms with E-state index in [1.165, 1.54) is 31.4 Å². The molecule has 0 bridgehead atoms. The van der Waals surface area contributed by atoms with Gasteiger partial charge in [-0.05, 0) is 56.8 Å². The molecule has 2 rings (SSSR count). The summed E-state index contributed by atoms with van der Waals surface area (Å²) in [5.74, 6) is 2.91. The lowest BCUT2D eigenvalue weighted by Crippen LogP contribution is -2.26. The average molecular weight is 278 g/mol. The minimum absolute atomic E-state index is 0.680. The maximum absolute atomic E-state index is 6.05. The van der Waals surface area contributed by atoms with E-state index >= 15 is 0 Å². The van der Waals surface area contributed by atoms with Crippen molar-refractivity contribution in [1.82, 2.24) is 10.2 Å². The van der Waals surface area contributed by atoms with Crippen molar-refractivity contribution in [2.75, 3.05) is 13.1 Å². The summed E-state index contributed by atoms with van der Waals surface area (Å²) in [6.07, 6.45) is 3.95. The van der Waals surface area contributed by atoms with Gasteiger partial charge in [-0.1, -0.05) is 20.8 Å². The van der Waals surface area contributed by atoms with E-state index in [1.807, 2.05) is 0 Å². The van der Waals surface area contributed by atoms with E-state index < -0.39 is 0 Å². The van der Waals surface area contributed by atoms with Crippen LogP contribution in [0.15, 0.2) is 10.5 Å². The van der Waals surface area contributed by atoms with Crippen LogP contribution in [0.2, 0.25) is 0 Å². The van der Waals surface area contributed by atoms with Crippen LogP contribution < -0.4 is 5.32 Å². The molecule has 1 aliphatic rings. The molecule has 1 saturated carbocycles. The van der Waals surface area contributed by atoms with Crippen LogP contribution in [0.25, 0.3) is 0 Å². The second-order valence-corrected chi connectivity index (χ2v) is 6.55. The molecule has 3 heteroatoms. The average Bonchev–Trinajstić information content (AvgIpc) is 3.15. The molecule has 0 spiro atoms. The minimum Gasteiger partial charge on any atom is -0.463 e. The van der Waals surface area contributed by atoms with Crippen molar-refractivity contribution < 1.29 is 4.42 Å². The fourth-order valence-electron chi connectivity index (χ4n) is 2.64. The lowest BCUT2D eigenvalue weighted by molar-refractivity contribution is 0.231. The second kappa shape index (κ2) is 7.28. The number of aryl methyl sites for hydroxylation is 1. The Kier molecular flexibility index (Phi) is 5.67. The van der Waals surface area contributed by atoms with E-state index in [0.717, 1.165) is 37.2 Å². The van der Waals surface area contributed by atoms with Crippen LogP contribution in [0, 0.1) is 12.8 Å². The quantitative estimate of drug-likeness (QED) is 0.746. The highest BCUT2D eigenvalue weighted by molar-refractivity contribution is 5.20. The van der Waals surface area contributed by atoms with Crippen LogP contribution >= 0.6 is 0 Å². The number of nitrogens with one attached hydrogen (secondary N) is 1. The van der Waals surface area contributed by atoms with Crippen molar-refractivity contribution in [1.29, 1.82) is 0 Å². The van der Waals surface area contributed by atoms with Gasteiger partial charge >= 0.3 is 0 Å². The van der Waals surface area contributed by atoms with Gasteiger partial charge in [0.1, 0.15) is 11.5 Å². The first kappa shape index (κ1) is 15.6. The fourth-order valence-corrected chi connectivity index (χ4v) is 2.64. The minimum atomic E-state index is 0.680. The van der Waals surface area contributed by atoms with Gasteiger partial charge in [-0.25, -0.2) is 0 Å². The number of furan rings is 1. The van der Waals surface area contributed by atoms with E-state index in [-0.39, 0.29) is 0 Å². The van der Waals surface area contributed by atoms with Crippen molar-refractivity contribution >= 4 is 0 Å². The van der Waals surface area contributed by atoms with Gasteiger partial charge in [0.25, 0.3) is 0 Å². The van der Waals surface area contributed by atoms with Gasteiger partial charge in [-0.15, -0.1) is 0 Å². The predicted octanol–water partition coefficient (Wildman–Crippen LogP) is 3.71. The van der Waals surface area contributed by atoms with E-state index in [4.69, 9.17) is 4.42 Å². The largest absolute Gasteiger partial charge is 0.463 e. The summed E-state index contributed by atoms with van der Waals surface area (Å²) >= 11 is 0. The number of rotatable bonds is 9. The smallest absolute Gasteiger partial charge is 0.120 e. The molecule has 0 saturated heterocycles.